The van der Waals surface area contributed by atoms with Crippen molar-refractivity contribution >= 4 is 40.0 Å². The lowest BCUT2D eigenvalue weighted by Gasteiger charge is -2.23. The van der Waals surface area contributed by atoms with E-state index in [4.69, 9.17) is 4.74 Å². The number of likely N-dealkylation sites (tertiary alicyclic amines) is 1. The molecule has 1 aliphatic heterocycles. The van der Waals surface area contributed by atoms with Crippen LogP contribution in [0.2, 0.25) is 0 Å². The van der Waals surface area contributed by atoms with E-state index in [1.807, 2.05) is 6.92 Å². The summed E-state index contributed by atoms with van der Waals surface area (Å²) in [5.41, 5.74) is 1.06. The van der Waals surface area contributed by atoms with Crippen LogP contribution in [0, 0.1) is 19.7 Å². The van der Waals surface area contributed by atoms with Crippen molar-refractivity contribution in [1.29, 1.82) is 0 Å². The van der Waals surface area contributed by atoms with E-state index in [-0.39, 0.29) is 30.0 Å². The van der Waals surface area contributed by atoms with Crippen LogP contribution in [0.25, 0.3) is 0 Å². The molecule has 0 bridgehead atoms. The minimum absolute atomic E-state index is 0.180. The zero-order valence-corrected chi connectivity index (χ0v) is 18.3. The number of hydrogen-bond donors (Lipinski definition) is 1. The Morgan fingerprint density at radius 1 is 1.16 bits per heavy atom. The number of esters is 1. The second-order valence-corrected chi connectivity index (χ2v) is 8.58. The number of nitrogens with one attached hydrogen (secondary N) is 1. The van der Waals surface area contributed by atoms with E-state index >= 15 is 0 Å². The summed E-state index contributed by atoms with van der Waals surface area (Å²) in [4.78, 5) is 52.2. The predicted octanol–water partition coefficient (Wildman–Crippen LogP) is 3.84. The number of nitrogens with zero attached hydrogens (tertiary/aromatic N) is 1. The van der Waals surface area contributed by atoms with Gasteiger partial charge in [-0.15, -0.1) is 11.3 Å². The van der Waals surface area contributed by atoms with Gasteiger partial charge in [0.25, 0.3) is 11.8 Å². The Hall–Kier alpha value is -3.07. The van der Waals surface area contributed by atoms with E-state index in [9.17, 15) is 23.6 Å². The molecule has 1 aliphatic rings. The van der Waals surface area contributed by atoms with Crippen LogP contribution in [0.4, 0.5) is 9.39 Å². The normalized spacial score (nSPS) is 16.6. The van der Waals surface area contributed by atoms with Gasteiger partial charge in [-0.1, -0.05) is 0 Å². The highest BCUT2D eigenvalue weighted by atomic mass is 32.1. The van der Waals surface area contributed by atoms with E-state index in [2.05, 4.69) is 5.32 Å². The number of amides is 3. The van der Waals surface area contributed by atoms with E-state index < -0.39 is 29.7 Å². The molecule has 2 heterocycles. The van der Waals surface area contributed by atoms with Crippen molar-refractivity contribution < 1.29 is 28.3 Å². The first-order chi connectivity index (χ1) is 14.7. The van der Waals surface area contributed by atoms with Gasteiger partial charge in [-0.05, 0) is 62.9 Å². The average molecular weight is 447 g/mol. The van der Waals surface area contributed by atoms with Crippen molar-refractivity contribution in [2.24, 2.45) is 0 Å². The fraction of sp³-hybridized carbons (Fsp3) is 0.364. The number of aryl methyl sites for hydroxylation is 1. The molecule has 1 aromatic carbocycles. The van der Waals surface area contributed by atoms with Gasteiger partial charge >= 0.3 is 5.97 Å². The molecule has 31 heavy (non-hydrogen) atoms. The molecule has 1 saturated heterocycles. The van der Waals surface area contributed by atoms with Crippen LogP contribution in [-0.4, -0.2) is 41.2 Å². The van der Waals surface area contributed by atoms with E-state index in [0.717, 1.165) is 21.9 Å². The molecule has 0 saturated carbocycles. The van der Waals surface area contributed by atoms with Crippen LogP contribution in [0.3, 0.4) is 0 Å². The first-order valence-electron chi connectivity index (χ1n) is 9.89. The average Bonchev–Trinajstić information content (AvgIpc) is 2.86. The highest BCUT2D eigenvalue weighted by Gasteiger charge is 2.35. The van der Waals surface area contributed by atoms with Crippen LogP contribution >= 0.6 is 11.3 Å². The fourth-order valence-electron chi connectivity index (χ4n) is 3.38. The second kappa shape index (κ2) is 9.38. The minimum atomic E-state index is -1.12. The molecule has 1 atom stereocenters. The van der Waals surface area contributed by atoms with Crippen LogP contribution in [0.5, 0.6) is 0 Å². The maximum absolute atomic E-state index is 13.2. The number of benzene rings is 1. The van der Waals surface area contributed by atoms with Gasteiger partial charge in [0.2, 0.25) is 5.91 Å². The van der Waals surface area contributed by atoms with E-state index in [1.54, 1.807) is 6.92 Å². The van der Waals surface area contributed by atoms with Crippen LogP contribution in [0.15, 0.2) is 24.3 Å². The van der Waals surface area contributed by atoms with Crippen molar-refractivity contribution in [2.75, 3.05) is 11.9 Å². The van der Waals surface area contributed by atoms with Gasteiger partial charge in [-0.2, -0.15) is 0 Å². The summed E-state index contributed by atoms with van der Waals surface area (Å²) >= 11 is 1.26. The Labute approximate surface area is 183 Å². The maximum Gasteiger partial charge on any atom is 0.342 e. The zero-order chi connectivity index (χ0) is 22.7. The van der Waals surface area contributed by atoms with Gasteiger partial charge < -0.3 is 10.1 Å². The minimum Gasteiger partial charge on any atom is -0.449 e. The van der Waals surface area contributed by atoms with Gasteiger partial charge in [0.05, 0.1) is 5.56 Å². The molecule has 0 aliphatic carbocycles. The number of imide groups is 1. The molecular formula is C22H23FN2O5S. The van der Waals surface area contributed by atoms with Gasteiger partial charge in [-0.3, -0.25) is 19.3 Å². The number of ether oxygens (including phenoxy) is 1. The number of hydrogen-bond acceptors (Lipinski definition) is 6. The standard InChI is InChI=1S/C22H23FN2O5S/c1-12-13(2)31-19(24-14(3)26)18(12)22(29)30-17-6-4-5-11-25(21(17)28)20(27)15-7-9-16(23)10-8-15/h7-10,17H,4-6,11H2,1-3H3,(H,24,26)/t17-/m1/s1. The highest BCUT2D eigenvalue weighted by Crippen LogP contribution is 2.33. The Bertz CT molecular complexity index is 1030. The largest absolute Gasteiger partial charge is 0.449 e. The summed E-state index contributed by atoms with van der Waals surface area (Å²) in [6.45, 7) is 5.10. The SMILES string of the molecule is CC(=O)Nc1sc(C)c(C)c1C(=O)O[C@@H]1CCCCN(C(=O)c2ccc(F)cc2)C1=O. The molecular weight excluding hydrogens is 423 g/mol. The number of thiophene rings is 1. The molecule has 2 aromatic rings. The molecule has 0 spiro atoms. The fourth-order valence-corrected chi connectivity index (χ4v) is 4.47. The van der Waals surface area contributed by atoms with Crippen molar-refractivity contribution in [3.05, 3.63) is 51.7 Å². The molecule has 9 heteroatoms. The summed E-state index contributed by atoms with van der Waals surface area (Å²) in [5, 5.41) is 3.00. The number of carbonyl (C=O) groups excluding carboxylic acids is 4. The van der Waals surface area contributed by atoms with Crippen LogP contribution < -0.4 is 5.32 Å². The number of carbonyl (C=O) groups is 4. The van der Waals surface area contributed by atoms with Crippen molar-refractivity contribution in [2.45, 2.75) is 46.1 Å². The third-order valence-electron chi connectivity index (χ3n) is 5.10. The van der Waals surface area contributed by atoms with Gasteiger partial charge in [0.15, 0.2) is 6.10 Å². The summed E-state index contributed by atoms with van der Waals surface area (Å²) in [6.07, 6.45) is 0.330. The second-order valence-electron chi connectivity index (χ2n) is 7.36. The molecule has 7 nitrogen and oxygen atoms in total. The van der Waals surface area contributed by atoms with Crippen LogP contribution in [-0.2, 0) is 14.3 Å². The summed E-state index contributed by atoms with van der Waals surface area (Å²) in [7, 11) is 0. The lowest BCUT2D eigenvalue weighted by molar-refractivity contribution is -0.137. The predicted molar refractivity (Wildman–Crippen MR) is 114 cm³/mol. The number of rotatable bonds is 4. The van der Waals surface area contributed by atoms with Crippen molar-refractivity contribution in [3.8, 4) is 0 Å². The topological polar surface area (TPSA) is 92.8 Å². The quantitative estimate of drug-likeness (QED) is 0.569. The first kappa shape index (κ1) is 22.6. The molecule has 3 amide bonds. The monoisotopic (exact) mass is 446 g/mol. The Morgan fingerprint density at radius 3 is 2.48 bits per heavy atom. The van der Waals surface area contributed by atoms with Gasteiger partial charge in [0, 0.05) is 23.9 Å². The van der Waals surface area contributed by atoms with Gasteiger partial charge in [0.1, 0.15) is 10.8 Å². The lowest BCUT2D eigenvalue weighted by atomic mass is 10.1. The first-order valence-corrected chi connectivity index (χ1v) is 10.7. The zero-order valence-electron chi connectivity index (χ0n) is 17.5. The van der Waals surface area contributed by atoms with E-state index in [0.29, 0.717) is 23.4 Å². The van der Waals surface area contributed by atoms with Crippen molar-refractivity contribution in [3.63, 3.8) is 0 Å². The highest BCUT2D eigenvalue weighted by molar-refractivity contribution is 7.16. The summed E-state index contributed by atoms with van der Waals surface area (Å²) in [5.74, 6) is -2.70. The molecule has 0 unspecified atom stereocenters. The van der Waals surface area contributed by atoms with Crippen LogP contribution in [0.1, 0.15) is 57.3 Å². The molecule has 1 fully saturated rings. The molecule has 3 rings (SSSR count). The molecule has 0 radical (unpaired) electrons. The Kier molecular flexibility index (Phi) is 6.84. The van der Waals surface area contributed by atoms with E-state index in [1.165, 1.54) is 30.4 Å². The third kappa shape index (κ3) is 4.99. The molecule has 1 N–H and O–H groups in total. The Balaban J connectivity index is 1.82. The number of halogens is 1. The lowest BCUT2D eigenvalue weighted by Crippen LogP contribution is -2.43. The molecule has 164 valence electrons. The molecule has 1 aromatic heterocycles. The number of anilines is 1. The smallest absolute Gasteiger partial charge is 0.342 e. The Morgan fingerprint density at radius 2 is 1.84 bits per heavy atom. The maximum atomic E-state index is 13.2. The summed E-state index contributed by atoms with van der Waals surface area (Å²) in [6, 6.07) is 4.93. The summed E-state index contributed by atoms with van der Waals surface area (Å²) < 4.78 is 18.7. The van der Waals surface area contributed by atoms with Crippen molar-refractivity contribution in [1.82, 2.24) is 4.90 Å². The third-order valence-corrected chi connectivity index (χ3v) is 6.23. The van der Waals surface area contributed by atoms with Gasteiger partial charge in [-0.25, -0.2) is 9.18 Å².